The molecule has 3 nitrogen and oxygen atoms in total. The zero-order chi connectivity index (χ0) is 13.1. The molecule has 0 bridgehead atoms. The zero-order valence-corrected chi connectivity index (χ0v) is 10.9. The van der Waals surface area contributed by atoms with Gasteiger partial charge in [0.25, 0.3) is 0 Å². The van der Waals surface area contributed by atoms with Crippen LogP contribution in [0.25, 0.3) is 10.8 Å². The molecule has 1 aliphatic heterocycles. The Bertz CT molecular complexity index is 594. The quantitative estimate of drug-likeness (QED) is 0.881. The van der Waals surface area contributed by atoms with Gasteiger partial charge in [0.05, 0.1) is 6.04 Å². The van der Waals surface area contributed by atoms with Crippen LogP contribution in [0.1, 0.15) is 18.4 Å². The zero-order valence-electron chi connectivity index (χ0n) is 10.9. The first-order chi connectivity index (χ1) is 9.33. The third-order valence-corrected chi connectivity index (χ3v) is 3.65. The van der Waals surface area contributed by atoms with E-state index in [1.165, 1.54) is 16.3 Å². The lowest BCUT2D eigenvalue weighted by Gasteiger charge is -2.22. The van der Waals surface area contributed by atoms with E-state index in [2.05, 4.69) is 41.0 Å². The molecule has 1 atom stereocenters. The van der Waals surface area contributed by atoms with Crippen LogP contribution in [0, 0.1) is 0 Å². The van der Waals surface area contributed by atoms with Crippen molar-refractivity contribution in [3.63, 3.8) is 0 Å². The highest BCUT2D eigenvalue weighted by molar-refractivity contribution is 5.83. The number of benzene rings is 2. The van der Waals surface area contributed by atoms with Gasteiger partial charge in [-0.05, 0) is 35.2 Å². The smallest absolute Gasteiger partial charge is 0.237 e. The number of amides is 1. The summed E-state index contributed by atoms with van der Waals surface area (Å²) >= 11 is 0. The Labute approximate surface area is 113 Å². The van der Waals surface area contributed by atoms with Crippen LogP contribution in [0.15, 0.2) is 42.5 Å². The lowest BCUT2D eigenvalue weighted by Crippen LogP contribution is -2.47. The summed E-state index contributed by atoms with van der Waals surface area (Å²) in [5.41, 5.74) is 1.22. The Morgan fingerprint density at radius 2 is 2.00 bits per heavy atom. The molecule has 2 aromatic rings. The normalized spacial score (nSPS) is 19.4. The molecule has 1 heterocycles. The van der Waals surface area contributed by atoms with Crippen molar-refractivity contribution in [3.05, 3.63) is 48.0 Å². The summed E-state index contributed by atoms with van der Waals surface area (Å²) in [5, 5.41) is 8.73. The highest BCUT2D eigenvalue weighted by atomic mass is 16.2. The molecule has 1 amide bonds. The first-order valence-corrected chi connectivity index (χ1v) is 6.82. The summed E-state index contributed by atoms with van der Waals surface area (Å²) < 4.78 is 0. The predicted molar refractivity (Wildman–Crippen MR) is 76.8 cm³/mol. The molecule has 19 heavy (non-hydrogen) atoms. The van der Waals surface area contributed by atoms with Crippen LogP contribution in [0.2, 0.25) is 0 Å². The molecule has 0 aromatic heterocycles. The Morgan fingerprint density at radius 3 is 2.84 bits per heavy atom. The molecule has 1 saturated heterocycles. The van der Waals surface area contributed by atoms with Crippen molar-refractivity contribution in [1.29, 1.82) is 0 Å². The topological polar surface area (TPSA) is 41.1 Å². The Morgan fingerprint density at radius 1 is 1.16 bits per heavy atom. The number of piperidine rings is 1. The van der Waals surface area contributed by atoms with Gasteiger partial charge in [-0.3, -0.25) is 4.79 Å². The van der Waals surface area contributed by atoms with Gasteiger partial charge < -0.3 is 10.6 Å². The Hall–Kier alpha value is -1.87. The maximum absolute atomic E-state index is 11.7. The molecular weight excluding hydrogens is 236 g/mol. The highest BCUT2D eigenvalue weighted by Crippen LogP contribution is 2.16. The summed E-state index contributed by atoms with van der Waals surface area (Å²) in [4.78, 5) is 11.7. The fourth-order valence-corrected chi connectivity index (χ4v) is 2.56. The molecule has 1 fully saturated rings. The van der Waals surface area contributed by atoms with E-state index in [0.717, 1.165) is 25.9 Å². The maximum atomic E-state index is 11.7. The van der Waals surface area contributed by atoms with Gasteiger partial charge in [-0.15, -0.1) is 0 Å². The van der Waals surface area contributed by atoms with Gasteiger partial charge in [0.1, 0.15) is 0 Å². The monoisotopic (exact) mass is 254 g/mol. The first kappa shape index (κ1) is 12.2. The van der Waals surface area contributed by atoms with Gasteiger partial charge >= 0.3 is 0 Å². The molecule has 3 rings (SSSR count). The number of rotatable bonds is 3. The Kier molecular flexibility index (Phi) is 3.47. The fraction of sp³-hybridized carbons (Fsp3) is 0.312. The van der Waals surface area contributed by atoms with Crippen LogP contribution in [0.5, 0.6) is 0 Å². The average Bonchev–Trinajstić information content (AvgIpc) is 2.46. The molecule has 1 aliphatic rings. The van der Waals surface area contributed by atoms with Crippen LogP contribution >= 0.6 is 0 Å². The Balaban J connectivity index is 1.69. The molecule has 0 saturated carbocycles. The van der Waals surface area contributed by atoms with Gasteiger partial charge in [-0.25, -0.2) is 0 Å². The van der Waals surface area contributed by atoms with Crippen molar-refractivity contribution >= 4 is 16.7 Å². The molecule has 2 aromatic carbocycles. The molecule has 1 unspecified atom stereocenters. The van der Waals surface area contributed by atoms with E-state index >= 15 is 0 Å². The van der Waals surface area contributed by atoms with Crippen LogP contribution < -0.4 is 10.6 Å². The number of carbonyl (C=O) groups excluding carboxylic acids is 1. The SMILES string of the molecule is O=C1NCCCC1NCc1ccc2ccccc2c1. The molecule has 3 heteroatoms. The molecule has 0 radical (unpaired) electrons. The standard InChI is InChI=1S/C16H18N2O/c19-16-15(6-3-9-17-16)18-11-12-7-8-13-4-1-2-5-14(13)10-12/h1-2,4-5,7-8,10,15,18H,3,6,9,11H2,(H,17,19). The van der Waals surface area contributed by atoms with Crippen molar-refractivity contribution in [2.45, 2.75) is 25.4 Å². The minimum Gasteiger partial charge on any atom is -0.355 e. The van der Waals surface area contributed by atoms with Crippen LogP contribution in [0.4, 0.5) is 0 Å². The largest absolute Gasteiger partial charge is 0.355 e. The first-order valence-electron chi connectivity index (χ1n) is 6.82. The molecule has 2 N–H and O–H groups in total. The predicted octanol–water partition coefficient (Wildman–Crippen LogP) is 2.21. The summed E-state index contributed by atoms with van der Waals surface area (Å²) in [6.07, 6.45) is 1.99. The van der Waals surface area contributed by atoms with E-state index in [-0.39, 0.29) is 11.9 Å². The number of hydrogen-bond acceptors (Lipinski definition) is 2. The number of fused-ring (bicyclic) bond motifs is 1. The second kappa shape index (κ2) is 5.41. The van der Waals surface area contributed by atoms with Gasteiger partial charge in [-0.1, -0.05) is 36.4 Å². The van der Waals surface area contributed by atoms with Crippen LogP contribution in [0.3, 0.4) is 0 Å². The van der Waals surface area contributed by atoms with Crippen LogP contribution in [-0.4, -0.2) is 18.5 Å². The number of hydrogen-bond donors (Lipinski definition) is 2. The lowest BCUT2D eigenvalue weighted by atomic mass is 10.0. The van der Waals surface area contributed by atoms with Gasteiger partial charge in [0.2, 0.25) is 5.91 Å². The minimum absolute atomic E-state index is 0.0415. The van der Waals surface area contributed by atoms with Crippen molar-refractivity contribution in [2.24, 2.45) is 0 Å². The summed E-state index contributed by atoms with van der Waals surface area (Å²) in [5.74, 6) is 0.132. The van der Waals surface area contributed by atoms with Crippen molar-refractivity contribution in [1.82, 2.24) is 10.6 Å². The highest BCUT2D eigenvalue weighted by Gasteiger charge is 2.20. The maximum Gasteiger partial charge on any atom is 0.237 e. The summed E-state index contributed by atoms with van der Waals surface area (Å²) in [6.45, 7) is 1.55. The number of nitrogens with one attached hydrogen (secondary N) is 2. The van der Waals surface area contributed by atoms with E-state index in [9.17, 15) is 4.79 Å². The third kappa shape index (κ3) is 2.76. The second-order valence-electron chi connectivity index (χ2n) is 5.05. The van der Waals surface area contributed by atoms with Crippen LogP contribution in [-0.2, 0) is 11.3 Å². The van der Waals surface area contributed by atoms with E-state index in [0.29, 0.717) is 0 Å². The molecular formula is C16H18N2O. The third-order valence-electron chi connectivity index (χ3n) is 3.65. The summed E-state index contributed by atoms with van der Waals surface area (Å²) in [7, 11) is 0. The van der Waals surface area contributed by atoms with Gasteiger partial charge in [-0.2, -0.15) is 0 Å². The fourth-order valence-electron chi connectivity index (χ4n) is 2.56. The van der Waals surface area contributed by atoms with Crippen molar-refractivity contribution < 1.29 is 4.79 Å². The summed E-state index contributed by atoms with van der Waals surface area (Å²) in [6, 6.07) is 14.7. The van der Waals surface area contributed by atoms with Crippen molar-refractivity contribution in [3.8, 4) is 0 Å². The average molecular weight is 254 g/mol. The van der Waals surface area contributed by atoms with Crippen molar-refractivity contribution in [2.75, 3.05) is 6.54 Å². The lowest BCUT2D eigenvalue weighted by molar-refractivity contribution is -0.124. The number of carbonyl (C=O) groups is 1. The van der Waals surface area contributed by atoms with E-state index in [1.54, 1.807) is 0 Å². The molecule has 98 valence electrons. The van der Waals surface area contributed by atoms with Gasteiger partial charge in [0, 0.05) is 13.1 Å². The second-order valence-corrected chi connectivity index (χ2v) is 5.05. The van der Waals surface area contributed by atoms with Gasteiger partial charge in [0.15, 0.2) is 0 Å². The molecule has 0 spiro atoms. The minimum atomic E-state index is -0.0415. The van der Waals surface area contributed by atoms with E-state index in [1.807, 2.05) is 12.1 Å². The van der Waals surface area contributed by atoms with E-state index < -0.39 is 0 Å². The molecule has 0 aliphatic carbocycles. The van der Waals surface area contributed by atoms with E-state index in [4.69, 9.17) is 0 Å².